The van der Waals surface area contributed by atoms with E-state index in [1.807, 2.05) is 6.07 Å². The Hall–Kier alpha value is -1.89. The number of rotatable bonds is 10. The van der Waals surface area contributed by atoms with Gasteiger partial charge in [-0.1, -0.05) is 46.6 Å². The molecule has 2 aromatic carbocycles. The Morgan fingerprint density at radius 3 is 2.28 bits per heavy atom. The highest BCUT2D eigenvalue weighted by Gasteiger charge is 2.35. The third-order valence-corrected chi connectivity index (χ3v) is 5.95. The SMILES string of the molecule is CCOP(=O)(OCC)C(=NOC(=O)COc1ccccc1)c1ccc(Cl)cc1Cl. The summed E-state index contributed by atoms with van der Waals surface area (Å²) >= 11 is 12.2. The van der Waals surface area contributed by atoms with Crippen molar-refractivity contribution in [1.29, 1.82) is 0 Å². The van der Waals surface area contributed by atoms with E-state index in [1.54, 1.807) is 38.1 Å². The molecule has 0 unspecified atom stereocenters. The van der Waals surface area contributed by atoms with Crippen LogP contribution < -0.4 is 4.74 Å². The molecule has 0 saturated heterocycles. The average Bonchev–Trinajstić information content (AvgIpc) is 2.69. The van der Waals surface area contributed by atoms with Crippen LogP contribution in [0.2, 0.25) is 10.0 Å². The zero-order valence-corrected chi connectivity index (χ0v) is 18.2. The van der Waals surface area contributed by atoms with Crippen molar-refractivity contribution < 1.29 is 28.0 Å². The second-order valence-corrected chi connectivity index (χ2v) is 8.22. The molecule has 0 saturated carbocycles. The van der Waals surface area contributed by atoms with Crippen LogP contribution in [-0.4, -0.2) is 31.2 Å². The van der Waals surface area contributed by atoms with Crippen molar-refractivity contribution in [1.82, 2.24) is 0 Å². The lowest BCUT2D eigenvalue weighted by Gasteiger charge is -2.19. The number of oxime groups is 1. The highest BCUT2D eigenvalue weighted by Crippen LogP contribution is 2.52. The largest absolute Gasteiger partial charge is 0.482 e. The molecule has 0 fully saturated rings. The van der Waals surface area contributed by atoms with Crippen molar-refractivity contribution >= 4 is 42.2 Å². The third kappa shape index (κ3) is 6.84. The zero-order valence-electron chi connectivity index (χ0n) is 15.8. The Balaban J connectivity index is 2.28. The smallest absolute Gasteiger partial charge is 0.383 e. The molecule has 7 nitrogen and oxygen atoms in total. The van der Waals surface area contributed by atoms with Crippen LogP contribution in [0.3, 0.4) is 0 Å². The highest BCUT2D eigenvalue weighted by atomic mass is 35.5. The number of para-hydroxylation sites is 1. The minimum Gasteiger partial charge on any atom is -0.482 e. The number of hydrogen-bond donors (Lipinski definition) is 0. The Morgan fingerprint density at radius 2 is 1.69 bits per heavy atom. The number of benzene rings is 2. The van der Waals surface area contributed by atoms with Crippen LogP contribution in [0.25, 0.3) is 0 Å². The lowest BCUT2D eigenvalue weighted by molar-refractivity contribution is -0.145. The lowest BCUT2D eigenvalue weighted by atomic mass is 10.2. The quantitative estimate of drug-likeness (QED) is 0.200. The molecule has 0 bridgehead atoms. The zero-order chi connectivity index (χ0) is 21.3. The maximum Gasteiger partial charge on any atom is 0.383 e. The van der Waals surface area contributed by atoms with Crippen LogP contribution in [0.5, 0.6) is 5.75 Å². The molecule has 0 spiro atoms. The number of carbonyl (C=O) groups excluding carboxylic acids is 1. The predicted molar refractivity (Wildman–Crippen MR) is 112 cm³/mol. The molecule has 0 aliphatic heterocycles. The van der Waals surface area contributed by atoms with Crippen molar-refractivity contribution in [3.63, 3.8) is 0 Å². The van der Waals surface area contributed by atoms with Gasteiger partial charge in [0.25, 0.3) is 0 Å². The van der Waals surface area contributed by atoms with Gasteiger partial charge in [0, 0.05) is 10.6 Å². The van der Waals surface area contributed by atoms with E-state index >= 15 is 0 Å². The van der Waals surface area contributed by atoms with Gasteiger partial charge in [-0.15, -0.1) is 0 Å². The minimum atomic E-state index is -3.92. The molecule has 0 N–H and O–H groups in total. The second-order valence-electron chi connectivity index (χ2n) is 5.44. The van der Waals surface area contributed by atoms with Gasteiger partial charge in [-0.3, -0.25) is 4.57 Å². The summed E-state index contributed by atoms with van der Waals surface area (Å²) in [4.78, 5) is 17.0. The summed E-state index contributed by atoms with van der Waals surface area (Å²) < 4.78 is 29.2. The molecule has 0 radical (unpaired) electrons. The molecule has 0 atom stereocenters. The van der Waals surface area contributed by atoms with Crippen LogP contribution >= 0.6 is 30.8 Å². The number of ether oxygens (including phenoxy) is 1. The van der Waals surface area contributed by atoms with Gasteiger partial charge in [-0.2, -0.15) is 0 Å². The average molecular weight is 460 g/mol. The summed E-state index contributed by atoms with van der Waals surface area (Å²) in [7, 11) is -3.92. The molecule has 156 valence electrons. The van der Waals surface area contributed by atoms with Crippen LogP contribution in [0, 0.1) is 0 Å². The Bertz CT molecular complexity index is 897. The van der Waals surface area contributed by atoms with Crippen LogP contribution in [0.1, 0.15) is 19.4 Å². The molecular weight excluding hydrogens is 440 g/mol. The number of nitrogens with zero attached hydrogens (tertiary/aromatic N) is 1. The summed E-state index contributed by atoms with van der Waals surface area (Å²) in [6, 6.07) is 13.2. The molecule has 0 aromatic heterocycles. The lowest BCUT2D eigenvalue weighted by Crippen LogP contribution is -2.15. The standard InChI is InChI=1S/C19H20Cl2NO6P/c1-3-26-29(24,27-4-2)19(16-11-10-14(20)12-17(16)21)22-28-18(23)13-25-15-8-6-5-7-9-15/h5-12H,3-4,13H2,1-2H3. The fourth-order valence-corrected chi connectivity index (χ4v) is 4.39. The summed E-state index contributed by atoms with van der Waals surface area (Å²) in [6.07, 6.45) is 0. The first-order valence-electron chi connectivity index (χ1n) is 8.70. The van der Waals surface area contributed by atoms with Crippen molar-refractivity contribution in [3.8, 4) is 5.75 Å². The fraction of sp³-hybridized carbons (Fsp3) is 0.263. The normalized spacial score (nSPS) is 11.9. The van der Waals surface area contributed by atoms with Crippen molar-refractivity contribution in [3.05, 3.63) is 64.1 Å². The van der Waals surface area contributed by atoms with E-state index in [9.17, 15) is 9.36 Å². The van der Waals surface area contributed by atoms with E-state index < -0.39 is 20.2 Å². The van der Waals surface area contributed by atoms with E-state index in [4.69, 9.17) is 41.8 Å². The van der Waals surface area contributed by atoms with Crippen LogP contribution in [0.15, 0.2) is 53.7 Å². The van der Waals surface area contributed by atoms with Gasteiger partial charge < -0.3 is 18.6 Å². The number of carbonyl (C=O) groups is 1. The first kappa shape index (κ1) is 23.4. The maximum absolute atomic E-state index is 13.3. The first-order chi connectivity index (χ1) is 13.9. The topological polar surface area (TPSA) is 83.4 Å². The predicted octanol–water partition coefficient (Wildman–Crippen LogP) is 5.54. The van der Waals surface area contributed by atoms with E-state index in [0.29, 0.717) is 10.8 Å². The van der Waals surface area contributed by atoms with E-state index in [1.165, 1.54) is 18.2 Å². The van der Waals surface area contributed by atoms with Gasteiger partial charge in [-0.05, 0) is 44.2 Å². The van der Waals surface area contributed by atoms with Gasteiger partial charge in [-0.25, -0.2) is 4.79 Å². The molecule has 2 aromatic rings. The summed E-state index contributed by atoms with van der Waals surface area (Å²) in [5, 5.41) is 4.27. The molecule has 0 heterocycles. The molecule has 0 aliphatic carbocycles. The van der Waals surface area contributed by atoms with E-state index in [2.05, 4.69) is 5.16 Å². The summed E-state index contributed by atoms with van der Waals surface area (Å²) in [5.41, 5.74) is -0.0333. The Labute approximate surface area is 179 Å². The van der Waals surface area contributed by atoms with E-state index in [0.717, 1.165) is 0 Å². The molecule has 29 heavy (non-hydrogen) atoms. The van der Waals surface area contributed by atoms with E-state index in [-0.39, 0.29) is 29.3 Å². The van der Waals surface area contributed by atoms with Gasteiger partial charge >= 0.3 is 13.6 Å². The first-order valence-corrected chi connectivity index (χ1v) is 11.0. The van der Waals surface area contributed by atoms with Gasteiger partial charge in [0.2, 0.25) is 5.45 Å². The molecule has 0 aliphatic rings. The molecule has 10 heteroatoms. The van der Waals surface area contributed by atoms with Crippen molar-refractivity contribution in [2.45, 2.75) is 13.8 Å². The molecular formula is C19H20Cl2NO6P. The molecule has 2 rings (SSSR count). The summed E-state index contributed by atoms with van der Waals surface area (Å²) in [5.74, 6) is -0.320. The van der Waals surface area contributed by atoms with Crippen LogP contribution in [0.4, 0.5) is 0 Å². The maximum atomic E-state index is 13.3. The van der Waals surface area contributed by atoms with Crippen molar-refractivity contribution in [2.75, 3.05) is 19.8 Å². The number of halogens is 2. The van der Waals surface area contributed by atoms with Gasteiger partial charge in [0.15, 0.2) is 6.61 Å². The summed E-state index contributed by atoms with van der Waals surface area (Å²) in [6.45, 7) is 3.04. The molecule has 0 amide bonds. The third-order valence-electron chi connectivity index (χ3n) is 3.36. The highest BCUT2D eigenvalue weighted by molar-refractivity contribution is 7.73. The van der Waals surface area contributed by atoms with Gasteiger partial charge in [0.1, 0.15) is 5.75 Å². The second kappa shape index (κ2) is 11.3. The fourth-order valence-electron chi connectivity index (χ4n) is 2.20. The Kier molecular flexibility index (Phi) is 9.14. The Morgan fingerprint density at radius 1 is 1.03 bits per heavy atom. The van der Waals surface area contributed by atoms with Crippen molar-refractivity contribution in [2.24, 2.45) is 5.16 Å². The monoisotopic (exact) mass is 459 g/mol. The number of hydrogen-bond acceptors (Lipinski definition) is 7. The minimum absolute atomic E-state index is 0.0760. The van der Waals surface area contributed by atoms with Crippen LogP contribution in [-0.2, 0) is 23.2 Å². The van der Waals surface area contributed by atoms with Gasteiger partial charge in [0.05, 0.1) is 18.2 Å².